The maximum Gasteiger partial charge on any atom is 0.00982 e. The summed E-state index contributed by atoms with van der Waals surface area (Å²) in [6, 6.07) is 7.45. The molecule has 11 aliphatic heterocycles. The summed E-state index contributed by atoms with van der Waals surface area (Å²) in [7, 11) is 15.8. The third-order valence-corrected chi connectivity index (χ3v) is 19.6. The summed E-state index contributed by atoms with van der Waals surface area (Å²) >= 11 is 0. The molecule has 0 saturated carbocycles. The van der Waals surface area contributed by atoms with Crippen molar-refractivity contribution in [3.8, 4) is 0 Å². The van der Waals surface area contributed by atoms with Gasteiger partial charge < -0.3 is 34.3 Å². The Morgan fingerprint density at radius 2 is 0.530 bits per heavy atom. The van der Waals surface area contributed by atoms with Gasteiger partial charge in [-0.25, -0.2) is 0 Å². The average Bonchev–Trinajstić information content (AvgIpc) is 3.79. The molecule has 0 spiro atoms. The second-order valence-corrected chi connectivity index (χ2v) is 26.2. The van der Waals surface area contributed by atoms with Gasteiger partial charge in [-0.05, 0) is 258 Å². The predicted octanol–water partition coefficient (Wildman–Crippen LogP) is 12.3. The second kappa shape index (κ2) is 28.7. The van der Waals surface area contributed by atoms with E-state index in [0.717, 1.165) is 89.8 Å². The molecule has 11 unspecified atom stereocenters. The fourth-order valence-corrected chi connectivity index (χ4v) is 15.0. The number of likely N-dealkylation sites (tertiary alicyclic amines) is 3. The van der Waals surface area contributed by atoms with Gasteiger partial charge in [0, 0.05) is 61.4 Å². The zero-order valence-electron chi connectivity index (χ0n) is 47.0. The molecule has 0 aromatic rings. The van der Waals surface area contributed by atoms with E-state index in [1.165, 1.54) is 193 Å². The van der Waals surface area contributed by atoms with Gasteiger partial charge in [-0.2, -0.15) is 0 Å². The zero-order chi connectivity index (χ0) is 47.9. The van der Waals surface area contributed by atoms with E-state index in [9.17, 15) is 0 Å². The first-order chi connectivity index (χ1) is 31.4. The molecule has 11 atom stereocenters. The van der Waals surface area contributed by atoms with Crippen molar-refractivity contribution in [1.29, 1.82) is 0 Å². The molecule has 11 fully saturated rings. The van der Waals surface area contributed by atoms with Crippen LogP contribution in [0.1, 0.15) is 203 Å². The molecule has 8 bridgehead atoms. The number of fused-ring (bicyclic) bond motifs is 8. The van der Waals surface area contributed by atoms with Crippen LogP contribution in [0, 0.1) is 41.4 Å². The maximum absolute atomic E-state index is 2.66. The van der Waals surface area contributed by atoms with Crippen molar-refractivity contribution >= 4 is 0 Å². The van der Waals surface area contributed by atoms with E-state index in [1.807, 2.05) is 0 Å². The van der Waals surface area contributed by atoms with Gasteiger partial charge in [-0.1, -0.05) is 61.3 Å². The molecule has 0 N–H and O–H groups in total. The van der Waals surface area contributed by atoms with Crippen molar-refractivity contribution in [3.63, 3.8) is 0 Å². The topological polar surface area (TPSA) is 22.7 Å². The molecule has 7 nitrogen and oxygen atoms in total. The van der Waals surface area contributed by atoms with Crippen molar-refractivity contribution in [2.24, 2.45) is 41.4 Å². The molecule has 0 aliphatic carbocycles. The molecule has 388 valence electrons. The minimum Gasteiger partial charge on any atom is -0.306 e. The number of rotatable bonds is 0. The van der Waals surface area contributed by atoms with Crippen molar-refractivity contribution in [2.75, 3.05) is 88.6 Å². The predicted molar refractivity (Wildman–Crippen MR) is 289 cm³/mol. The van der Waals surface area contributed by atoms with Crippen LogP contribution in [0.3, 0.4) is 0 Å². The lowest BCUT2D eigenvalue weighted by Crippen LogP contribution is -2.49. The van der Waals surface area contributed by atoms with Crippen LogP contribution < -0.4 is 0 Å². The minimum atomic E-state index is 0.918. The summed E-state index contributed by atoms with van der Waals surface area (Å²) in [5.74, 6) is 6.81. The number of nitrogens with zero attached hydrogens (tertiary/aromatic N) is 7. The van der Waals surface area contributed by atoms with Crippen LogP contribution in [0.2, 0.25) is 0 Å². The quantitative estimate of drug-likeness (QED) is 0.238. The molecular formula is C59H117N7. The molecule has 7 heteroatoms. The first-order valence-corrected chi connectivity index (χ1v) is 29.4. The van der Waals surface area contributed by atoms with Crippen LogP contribution in [-0.4, -0.2) is 171 Å². The molecule has 0 radical (unpaired) electrons. The summed E-state index contributed by atoms with van der Waals surface area (Å²) < 4.78 is 0. The summed E-state index contributed by atoms with van der Waals surface area (Å²) in [5.41, 5.74) is 0. The highest BCUT2D eigenvalue weighted by Crippen LogP contribution is 2.39. The molecule has 66 heavy (non-hydrogen) atoms. The lowest BCUT2D eigenvalue weighted by atomic mass is 9.80. The molecule has 11 saturated heterocycles. The van der Waals surface area contributed by atoms with Crippen molar-refractivity contribution < 1.29 is 0 Å². The Bertz CT molecular complexity index is 1190. The van der Waals surface area contributed by atoms with Gasteiger partial charge in [0.2, 0.25) is 0 Å². The van der Waals surface area contributed by atoms with Crippen LogP contribution in [0.15, 0.2) is 0 Å². The molecular weight excluding hydrogens is 807 g/mol. The van der Waals surface area contributed by atoms with E-state index in [4.69, 9.17) is 0 Å². The zero-order valence-corrected chi connectivity index (χ0v) is 47.0. The highest BCUT2D eigenvalue weighted by molar-refractivity contribution is 4.93. The minimum absolute atomic E-state index is 0.918. The van der Waals surface area contributed by atoms with E-state index in [1.54, 1.807) is 0 Å². The standard InChI is InChI=1S/C11H21N.C10H19N.2C9H17N.2C7H15N.C6H13N/c1-9-6-7-10-4-3-5-11(8-9)12(10)2;1-8-6-9-4-3-5-10(7-8)11(9)2;2*1-7-5-8-3-4-9(6-7)10(8)2;1-7-3-5-8(2)6-4-7;1-7-4-3-5-8(2)6-7;1-6-3-4-7(2)5-6/h9-11H,3-8H2,1-2H3;8-10H,3-7H2,1-2H3;2*7-9H,3-6H2,1-2H3;2*7H,3-6H2,1-2H3;6H,3-5H2,1-2H3. The van der Waals surface area contributed by atoms with E-state index in [0.29, 0.717) is 0 Å². The first-order valence-electron chi connectivity index (χ1n) is 29.4. The summed E-state index contributed by atoms with van der Waals surface area (Å²) in [5, 5.41) is 0. The van der Waals surface area contributed by atoms with Gasteiger partial charge in [0.1, 0.15) is 0 Å². The monoisotopic (exact) mass is 924 g/mol. The third kappa shape index (κ3) is 18.7. The van der Waals surface area contributed by atoms with Crippen LogP contribution >= 0.6 is 0 Å². The summed E-state index contributed by atoms with van der Waals surface area (Å²) in [4.78, 5) is 17.7. The summed E-state index contributed by atoms with van der Waals surface area (Å²) in [6.45, 7) is 24.5. The SMILES string of the molecule is CC1CC2CCC(C1)N2C.CC1CC2CCC(C1)N2C.CC1CC2CCCC(C1)N2C.CC1CCC2CCCC(C1)N2C.CC1CCCN(C)C1.CC1CCN(C)C1.CC1CCN(C)CC1. The largest absolute Gasteiger partial charge is 0.306 e. The van der Waals surface area contributed by atoms with Gasteiger partial charge in [-0.3, -0.25) is 0 Å². The molecule has 0 aromatic heterocycles. The van der Waals surface area contributed by atoms with Crippen molar-refractivity contribution in [2.45, 2.75) is 251 Å². The highest BCUT2D eigenvalue weighted by Gasteiger charge is 2.38. The van der Waals surface area contributed by atoms with Gasteiger partial charge in [0.25, 0.3) is 0 Å². The van der Waals surface area contributed by atoms with Crippen LogP contribution in [0.5, 0.6) is 0 Å². The molecule has 11 heterocycles. The van der Waals surface area contributed by atoms with E-state index in [-0.39, 0.29) is 0 Å². The highest BCUT2D eigenvalue weighted by atomic mass is 15.2. The van der Waals surface area contributed by atoms with Gasteiger partial charge >= 0.3 is 0 Å². The normalized spacial score (nSPS) is 41.0. The Hall–Kier alpha value is -0.280. The van der Waals surface area contributed by atoms with Crippen molar-refractivity contribution in [3.05, 3.63) is 0 Å². The third-order valence-electron chi connectivity index (χ3n) is 19.6. The van der Waals surface area contributed by atoms with Gasteiger partial charge in [0.05, 0.1) is 0 Å². The lowest BCUT2D eigenvalue weighted by Gasteiger charge is -2.46. The fourth-order valence-electron chi connectivity index (χ4n) is 15.0. The van der Waals surface area contributed by atoms with Gasteiger partial charge in [-0.15, -0.1) is 0 Å². The number of hydrogen-bond acceptors (Lipinski definition) is 7. The average molecular weight is 925 g/mol. The Kier molecular flexibility index (Phi) is 24.6. The Morgan fingerprint density at radius 3 is 0.864 bits per heavy atom. The Labute approximate surface area is 413 Å². The molecule has 11 aliphatic rings. The van der Waals surface area contributed by atoms with E-state index >= 15 is 0 Å². The second-order valence-electron chi connectivity index (χ2n) is 26.2. The number of hydrogen-bond donors (Lipinski definition) is 0. The number of piperidine rings is 7. The molecule has 0 aromatic carbocycles. The lowest BCUT2D eigenvalue weighted by molar-refractivity contribution is 0.0415. The molecule has 11 rings (SSSR count). The van der Waals surface area contributed by atoms with Gasteiger partial charge in [0.15, 0.2) is 0 Å². The molecule has 0 amide bonds. The fraction of sp³-hybridized carbons (Fsp3) is 1.00. The first kappa shape index (κ1) is 56.6. The van der Waals surface area contributed by atoms with Crippen molar-refractivity contribution in [1.82, 2.24) is 34.3 Å². The summed E-state index contributed by atoms with van der Waals surface area (Å²) in [6.07, 6.45) is 34.7. The smallest absolute Gasteiger partial charge is 0.00982 e. The van der Waals surface area contributed by atoms with Crippen LogP contribution in [0.25, 0.3) is 0 Å². The Morgan fingerprint density at radius 1 is 0.227 bits per heavy atom. The van der Waals surface area contributed by atoms with Crippen LogP contribution in [-0.2, 0) is 0 Å². The maximum atomic E-state index is 2.66. The van der Waals surface area contributed by atoms with E-state index < -0.39 is 0 Å². The van der Waals surface area contributed by atoms with E-state index in [2.05, 4.69) is 132 Å². The Balaban J connectivity index is 0.000000145. The van der Waals surface area contributed by atoms with Crippen LogP contribution in [0.4, 0.5) is 0 Å².